The molecule has 1 aliphatic rings. The number of carbonyl (C=O) groups excluding carboxylic acids is 3. The number of ether oxygens (including phenoxy) is 1. The summed E-state index contributed by atoms with van der Waals surface area (Å²) in [6.07, 6.45) is -3.48. The minimum Gasteiger partial charge on any atom is -0.469 e. The van der Waals surface area contributed by atoms with Crippen molar-refractivity contribution in [2.24, 2.45) is 0 Å². The molecule has 44 heavy (non-hydrogen) atoms. The molecule has 0 aliphatic carbocycles. The van der Waals surface area contributed by atoms with Crippen molar-refractivity contribution < 1.29 is 32.3 Å². The van der Waals surface area contributed by atoms with Crippen LogP contribution in [0.15, 0.2) is 48.8 Å². The smallest absolute Gasteiger partial charge is 0.416 e. The molecule has 0 radical (unpaired) electrons. The molecule has 0 unspecified atom stereocenters. The van der Waals surface area contributed by atoms with Crippen molar-refractivity contribution >= 4 is 29.3 Å². The monoisotopic (exact) mass is 612 g/mol. The zero-order chi connectivity index (χ0) is 32.0. The van der Waals surface area contributed by atoms with Crippen LogP contribution in [-0.2, 0) is 39.9 Å². The van der Waals surface area contributed by atoms with Crippen molar-refractivity contribution in [2.45, 2.75) is 32.5 Å². The number of piperazine rings is 1. The SMILES string of the molecule is COC(=O)Cc1cc(N(C)C(=O)Cc2cc(NC(=O)c3ccc(CN4CCN(C)CC4)c(C(F)(F)F)c3)ccc2C)ncn1. The third-order valence-electron chi connectivity index (χ3n) is 7.60. The Kier molecular flexibility index (Phi) is 10.3. The molecule has 0 atom stereocenters. The normalized spacial score (nSPS) is 14.2. The van der Waals surface area contributed by atoms with Gasteiger partial charge in [-0.05, 0) is 54.9 Å². The molecule has 13 heteroatoms. The number of nitrogens with one attached hydrogen (secondary N) is 1. The Balaban J connectivity index is 1.46. The van der Waals surface area contributed by atoms with Crippen molar-refractivity contribution in [2.75, 3.05) is 57.6 Å². The van der Waals surface area contributed by atoms with E-state index in [9.17, 15) is 27.6 Å². The maximum Gasteiger partial charge on any atom is 0.416 e. The fraction of sp³-hybridized carbons (Fsp3) is 0.387. The molecule has 0 bridgehead atoms. The standard InChI is InChI=1S/C31H35F3N6O4/c1-20-5-8-24(13-23(20)15-28(41)39(3)27-16-25(35-19-36-27)17-29(42)44-4)37-30(43)21-6-7-22(26(14-21)31(32,33)34)18-40-11-9-38(2)10-12-40/h5-8,13-14,16,19H,9-12,15,17-18H2,1-4H3,(H,37,43). The van der Waals surface area contributed by atoms with E-state index in [0.717, 1.165) is 24.7 Å². The van der Waals surface area contributed by atoms with Crippen LogP contribution in [0, 0.1) is 6.92 Å². The fourth-order valence-electron chi connectivity index (χ4n) is 4.80. The van der Waals surface area contributed by atoms with Crippen molar-refractivity contribution in [1.82, 2.24) is 19.8 Å². The van der Waals surface area contributed by atoms with Crippen LogP contribution in [0.2, 0.25) is 0 Å². The van der Waals surface area contributed by atoms with Gasteiger partial charge in [0.05, 0.1) is 31.2 Å². The van der Waals surface area contributed by atoms with Gasteiger partial charge in [-0.25, -0.2) is 9.97 Å². The summed E-state index contributed by atoms with van der Waals surface area (Å²) in [4.78, 5) is 51.3. The van der Waals surface area contributed by atoms with E-state index in [1.807, 2.05) is 18.9 Å². The summed E-state index contributed by atoms with van der Waals surface area (Å²) in [6.45, 7) is 4.85. The Morgan fingerprint density at radius 2 is 1.70 bits per heavy atom. The third-order valence-corrected chi connectivity index (χ3v) is 7.60. The highest BCUT2D eigenvalue weighted by molar-refractivity contribution is 6.04. The lowest BCUT2D eigenvalue weighted by Crippen LogP contribution is -2.44. The number of hydrogen-bond donors (Lipinski definition) is 1. The lowest BCUT2D eigenvalue weighted by molar-refractivity contribution is -0.140. The summed E-state index contributed by atoms with van der Waals surface area (Å²) in [6, 6.07) is 10.1. The first-order chi connectivity index (χ1) is 20.8. The average Bonchev–Trinajstić information content (AvgIpc) is 2.99. The lowest BCUT2D eigenvalue weighted by Gasteiger charge is -2.33. The molecule has 234 valence electrons. The Morgan fingerprint density at radius 1 is 0.977 bits per heavy atom. The highest BCUT2D eigenvalue weighted by Crippen LogP contribution is 2.34. The van der Waals surface area contributed by atoms with E-state index >= 15 is 0 Å². The number of alkyl halides is 3. The molecule has 2 amide bonds. The van der Waals surface area contributed by atoms with Gasteiger partial charge in [-0.3, -0.25) is 24.2 Å². The second-order valence-electron chi connectivity index (χ2n) is 10.8. The molecule has 1 fully saturated rings. The van der Waals surface area contributed by atoms with Crippen molar-refractivity contribution in [3.8, 4) is 0 Å². The van der Waals surface area contributed by atoms with Crippen LogP contribution in [0.1, 0.15) is 38.3 Å². The molecule has 2 heterocycles. The van der Waals surface area contributed by atoms with Crippen molar-refractivity contribution in [3.63, 3.8) is 0 Å². The first kappa shape index (κ1) is 32.6. The molecular formula is C31H35F3N6O4. The molecule has 1 saturated heterocycles. The predicted molar refractivity (Wildman–Crippen MR) is 158 cm³/mol. The van der Waals surface area contributed by atoms with Crippen LogP contribution >= 0.6 is 0 Å². The van der Waals surface area contributed by atoms with E-state index in [4.69, 9.17) is 0 Å². The summed E-state index contributed by atoms with van der Waals surface area (Å²) >= 11 is 0. The van der Waals surface area contributed by atoms with Gasteiger partial charge < -0.3 is 15.0 Å². The molecule has 10 nitrogen and oxygen atoms in total. The van der Waals surface area contributed by atoms with Gasteiger partial charge >= 0.3 is 12.1 Å². The van der Waals surface area contributed by atoms with E-state index in [0.29, 0.717) is 35.9 Å². The number of methoxy groups -OCH3 is 1. The Hall–Kier alpha value is -4.36. The molecule has 1 aliphatic heterocycles. The van der Waals surface area contributed by atoms with Crippen LogP contribution in [-0.4, -0.2) is 84.9 Å². The van der Waals surface area contributed by atoms with Gasteiger partial charge in [0.15, 0.2) is 0 Å². The average molecular weight is 613 g/mol. The molecule has 3 aromatic rings. The number of amides is 2. The summed E-state index contributed by atoms with van der Waals surface area (Å²) in [7, 11) is 4.79. The minimum absolute atomic E-state index is 0.0401. The van der Waals surface area contributed by atoms with E-state index in [-0.39, 0.29) is 36.4 Å². The summed E-state index contributed by atoms with van der Waals surface area (Å²) < 4.78 is 46.7. The number of aryl methyl sites for hydroxylation is 1. The molecule has 0 spiro atoms. The second-order valence-corrected chi connectivity index (χ2v) is 10.8. The summed E-state index contributed by atoms with van der Waals surface area (Å²) in [5, 5.41) is 2.66. The molecule has 2 aromatic carbocycles. The van der Waals surface area contributed by atoms with Crippen LogP contribution in [0.4, 0.5) is 24.7 Å². The van der Waals surface area contributed by atoms with E-state index < -0.39 is 23.6 Å². The largest absolute Gasteiger partial charge is 0.469 e. The van der Waals surface area contributed by atoms with E-state index in [1.165, 1.54) is 36.5 Å². The number of nitrogens with zero attached hydrogens (tertiary/aromatic N) is 5. The Labute approximate surface area is 253 Å². The molecule has 4 rings (SSSR count). The number of carbonyl (C=O) groups is 3. The maximum absolute atomic E-state index is 14.0. The van der Waals surface area contributed by atoms with Crippen LogP contribution in [0.5, 0.6) is 0 Å². The quantitative estimate of drug-likeness (QED) is 0.365. The number of benzene rings is 2. The number of likely N-dealkylation sites (N-methyl/N-ethyl adjacent to an activating group) is 2. The fourth-order valence-corrected chi connectivity index (χ4v) is 4.80. The van der Waals surface area contributed by atoms with Crippen LogP contribution < -0.4 is 10.2 Å². The Bertz CT molecular complexity index is 1520. The van der Waals surface area contributed by atoms with Crippen LogP contribution in [0.25, 0.3) is 0 Å². The zero-order valence-corrected chi connectivity index (χ0v) is 25.1. The third kappa shape index (κ3) is 8.38. The lowest BCUT2D eigenvalue weighted by atomic mass is 10.0. The van der Waals surface area contributed by atoms with Gasteiger partial charge in [0.25, 0.3) is 5.91 Å². The Morgan fingerprint density at radius 3 is 2.39 bits per heavy atom. The molecule has 1 N–H and O–H groups in total. The second kappa shape index (κ2) is 14.0. The van der Waals surface area contributed by atoms with E-state index in [1.54, 1.807) is 25.2 Å². The van der Waals surface area contributed by atoms with Gasteiger partial charge in [0.2, 0.25) is 5.91 Å². The summed E-state index contributed by atoms with van der Waals surface area (Å²) in [5.41, 5.74) is 1.30. The van der Waals surface area contributed by atoms with Gasteiger partial charge in [-0.2, -0.15) is 13.2 Å². The van der Waals surface area contributed by atoms with Gasteiger partial charge in [-0.1, -0.05) is 12.1 Å². The van der Waals surface area contributed by atoms with Gasteiger partial charge in [0, 0.05) is 57.1 Å². The van der Waals surface area contributed by atoms with Crippen LogP contribution in [0.3, 0.4) is 0 Å². The van der Waals surface area contributed by atoms with Crippen molar-refractivity contribution in [1.29, 1.82) is 0 Å². The highest BCUT2D eigenvalue weighted by Gasteiger charge is 2.34. The van der Waals surface area contributed by atoms with Gasteiger partial charge in [-0.15, -0.1) is 0 Å². The minimum atomic E-state index is -4.62. The first-order valence-electron chi connectivity index (χ1n) is 14.0. The zero-order valence-electron chi connectivity index (χ0n) is 25.1. The van der Waals surface area contributed by atoms with Gasteiger partial charge in [0.1, 0.15) is 12.1 Å². The molecular weight excluding hydrogens is 577 g/mol. The van der Waals surface area contributed by atoms with E-state index in [2.05, 4.69) is 24.9 Å². The molecule has 0 saturated carbocycles. The number of anilines is 2. The van der Waals surface area contributed by atoms with Crippen molar-refractivity contribution in [3.05, 3.63) is 82.3 Å². The topological polar surface area (TPSA) is 108 Å². The predicted octanol–water partition coefficient (Wildman–Crippen LogP) is 3.72. The summed E-state index contributed by atoms with van der Waals surface area (Å²) in [5.74, 6) is -1.19. The molecule has 1 aromatic heterocycles. The number of rotatable bonds is 9. The number of halogens is 3. The highest BCUT2D eigenvalue weighted by atomic mass is 19.4. The number of aromatic nitrogens is 2. The number of hydrogen-bond acceptors (Lipinski definition) is 8. The number of esters is 1. The maximum atomic E-state index is 14.0. The first-order valence-corrected chi connectivity index (χ1v) is 14.0.